The Labute approximate surface area is 174 Å². The minimum atomic E-state index is -2.58. The lowest BCUT2D eigenvalue weighted by atomic mass is 9.44. The van der Waals surface area contributed by atoms with Crippen LogP contribution >= 0.6 is 0 Å². The van der Waals surface area contributed by atoms with E-state index in [9.17, 15) is 9.90 Å². The molecule has 4 saturated carbocycles. The first kappa shape index (κ1) is 21.5. The highest BCUT2D eigenvalue weighted by atomic mass is 19.3. The normalized spacial score (nSPS) is 46.9. The molecule has 0 aromatic carbocycles. The number of alkyl halides is 2. The van der Waals surface area contributed by atoms with Crippen molar-refractivity contribution in [1.82, 2.24) is 0 Å². The van der Waals surface area contributed by atoms with Gasteiger partial charge < -0.3 is 9.84 Å². The van der Waals surface area contributed by atoms with Crippen LogP contribution in [0.25, 0.3) is 0 Å². The number of fused-ring (bicyclic) bond motifs is 5. The summed E-state index contributed by atoms with van der Waals surface area (Å²) in [5, 5.41) is 9.68. The summed E-state index contributed by atoms with van der Waals surface area (Å²) < 4.78 is 36.1. The number of carbonyl (C=O) groups is 1. The third kappa shape index (κ3) is 3.25. The number of hydrogen-bond donors (Lipinski definition) is 1. The highest BCUT2D eigenvalue weighted by Crippen LogP contribution is 2.70. The zero-order valence-electron chi connectivity index (χ0n) is 18.3. The Morgan fingerprint density at radius 2 is 1.79 bits per heavy atom. The molecule has 0 saturated heterocycles. The topological polar surface area (TPSA) is 46.5 Å². The lowest BCUT2D eigenvalue weighted by molar-refractivity contribution is -0.232. The van der Waals surface area contributed by atoms with Gasteiger partial charge in [0.25, 0.3) is 5.92 Å². The Morgan fingerprint density at radius 1 is 1.07 bits per heavy atom. The highest BCUT2D eigenvalue weighted by Gasteiger charge is 2.67. The lowest BCUT2D eigenvalue weighted by Crippen LogP contribution is -2.60. The molecule has 4 rings (SSSR count). The van der Waals surface area contributed by atoms with Crippen LogP contribution < -0.4 is 0 Å². The molecule has 0 aromatic heterocycles. The summed E-state index contributed by atoms with van der Waals surface area (Å²) in [4.78, 5) is 12.0. The number of carbonyl (C=O) groups excluding carboxylic acids is 1. The Balaban J connectivity index is 1.60. The highest BCUT2D eigenvalue weighted by molar-refractivity contribution is 5.72. The maximum absolute atomic E-state index is 15.6. The van der Waals surface area contributed by atoms with Crippen molar-refractivity contribution in [3.05, 3.63) is 0 Å². The van der Waals surface area contributed by atoms with Gasteiger partial charge in [-0.3, -0.25) is 4.79 Å². The van der Waals surface area contributed by atoms with Crippen molar-refractivity contribution in [2.24, 2.45) is 46.3 Å². The van der Waals surface area contributed by atoms with Crippen molar-refractivity contribution in [2.75, 3.05) is 13.7 Å². The molecular formula is C24H38F2O3. The zero-order chi connectivity index (χ0) is 21.0. The van der Waals surface area contributed by atoms with Gasteiger partial charge in [0, 0.05) is 12.3 Å². The Kier molecular flexibility index (Phi) is 5.53. The molecule has 0 amide bonds. The van der Waals surface area contributed by atoms with E-state index in [1.54, 1.807) is 0 Å². The summed E-state index contributed by atoms with van der Waals surface area (Å²) in [6.45, 7) is 4.28. The molecule has 0 radical (unpaired) electrons. The number of methoxy groups -OCH3 is 1. The van der Waals surface area contributed by atoms with Gasteiger partial charge in [-0.2, -0.15) is 0 Å². The zero-order valence-corrected chi connectivity index (χ0v) is 18.3. The second kappa shape index (κ2) is 7.46. The van der Waals surface area contributed by atoms with E-state index < -0.39 is 17.8 Å². The molecule has 29 heavy (non-hydrogen) atoms. The van der Waals surface area contributed by atoms with E-state index in [0.29, 0.717) is 6.42 Å². The first-order valence-corrected chi connectivity index (χ1v) is 11.7. The van der Waals surface area contributed by atoms with Gasteiger partial charge in [-0.05, 0) is 79.4 Å². The summed E-state index contributed by atoms with van der Waals surface area (Å²) in [6.07, 6.45) is 8.57. The number of aliphatic hydroxyl groups excluding tert-OH is 1. The summed E-state index contributed by atoms with van der Waals surface area (Å²) in [5.41, 5.74) is -0.0897. The van der Waals surface area contributed by atoms with Crippen LogP contribution in [-0.2, 0) is 9.53 Å². The van der Waals surface area contributed by atoms with E-state index >= 15 is 8.78 Å². The number of halogens is 2. The van der Waals surface area contributed by atoms with E-state index in [2.05, 4.69) is 13.8 Å². The molecule has 4 fully saturated rings. The van der Waals surface area contributed by atoms with E-state index in [1.165, 1.54) is 13.5 Å². The number of rotatable bonds is 4. The van der Waals surface area contributed by atoms with Gasteiger partial charge in [0.1, 0.15) is 0 Å². The SMILES string of the molecule is COC(=O)C(CO)CC1CCC2C3C(CCC12C)C1(C)CCCCC1CC3(F)F. The van der Waals surface area contributed by atoms with Crippen molar-refractivity contribution in [3.8, 4) is 0 Å². The second-order valence-electron chi connectivity index (χ2n) is 11.1. The summed E-state index contributed by atoms with van der Waals surface area (Å²) in [5.74, 6) is -3.48. The predicted molar refractivity (Wildman–Crippen MR) is 107 cm³/mol. The molecule has 8 atom stereocenters. The molecule has 4 aliphatic rings. The fourth-order valence-electron chi connectivity index (χ4n) is 8.44. The third-order valence-corrected chi connectivity index (χ3v) is 10.1. The first-order chi connectivity index (χ1) is 13.7. The quantitative estimate of drug-likeness (QED) is 0.625. The van der Waals surface area contributed by atoms with Crippen molar-refractivity contribution >= 4 is 5.97 Å². The Bertz CT molecular complexity index is 638. The van der Waals surface area contributed by atoms with Crippen LogP contribution in [0.3, 0.4) is 0 Å². The van der Waals surface area contributed by atoms with Gasteiger partial charge in [-0.25, -0.2) is 8.78 Å². The fraction of sp³-hybridized carbons (Fsp3) is 0.958. The number of aliphatic hydroxyl groups is 1. The largest absolute Gasteiger partial charge is 0.469 e. The number of ether oxygens (including phenoxy) is 1. The molecule has 0 bridgehead atoms. The van der Waals surface area contributed by atoms with Gasteiger partial charge >= 0.3 is 5.97 Å². The minimum absolute atomic E-state index is 0.0259. The van der Waals surface area contributed by atoms with E-state index in [1.807, 2.05) is 0 Å². The smallest absolute Gasteiger partial charge is 0.311 e. The van der Waals surface area contributed by atoms with Crippen LogP contribution in [0.4, 0.5) is 8.78 Å². The maximum Gasteiger partial charge on any atom is 0.311 e. The standard InChI is InChI=1S/C24H38F2O3/c1-22-10-5-4-6-17(22)13-24(25,26)20-18-8-7-16(12-15(14-27)21(28)29-3)23(18,2)11-9-19(20)22/h15-20,27H,4-14H2,1-3H3. The van der Waals surface area contributed by atoms with Gasteiger partial charge in [0.15, 0.2) is 0 Å². The molecule has 8 unspecified atom stereocenters. The Morgan fingerprint density at radius 3 is 2.48 bits per heavy atom. The monoisotopic (exact) mass is 412 g/mol. The second-order valence-corrected chi connectivity index (χ2v) is 11.1. The average Bonchev–Trinajstić information content (AvgIpc) is 3.01. The van der Waals surface area contributed by atoms with Crippen LogP contribution in [0, 0.1) is 46.3 Å². The minimum Gasteiger partial charge on any atom is -0.469 e. The molecular weight excluding hydrogens is 374 g/mol. The molecule has 0 heterocycles. The number of hydrogen-bond acceptors (Lipinski definition) is 3. The van der Waals surface area contributed by atoms with Gasteiger partial charge in [0.2, 0.25) is 0 Å². The fourth-order valence-corrected chi connectivity index (χ4v) is 8.44. The average molecular weight is 413 g/mol. The predicted octanol–water partition coefficient (Wildman–Crippen LogP) is 5.45. The van der Waals surface area contributed by atoms with Gasteiger partial charge in [-0.1, -0.05) is 26.7 Å². The van der Waals surface area contributed by atoms with Crippen LogP contribution in [0.15, 0.2) is 0 Å². The number of esters is 1. The van der Waals surface area contributed by atoms with Crippen LogP contribution in [0.5, 0.6) is 0 Å². The Hall–Kier alpha value is -0.710. The molecule has 5 heteroatoms. The lowest BCUT2D eigenvalue weighted by Gasteiger charge is -2.62. The molecule has 3 nitrogen and oxygen atoms in total. The van der Waals surface area contributed by atoms with Crippen LogP contribution in [0.1, 0.15) is 78.1 Å². The van der Waals surface area contributed by atoms with Crippen LogP contribution in [0.2, 0.25) is 0 Å². The first-order valence-electron chi connectivity index (χ1n) is 11.7. The molecule has 0 aliphatic heterocycles. The van der Waals surface area contributed by atoms with E-state index in [4.69, 9.17) is 4.74 Å². The van der Waals surface area contributed by atoms with Gasteiger partial charge in [-0.15, -0.1) is 0 Å². The third-order valence-electron chi connectivity index (χ3n) is 10.1. The molecule has 1 N–H and O–H groups in total. The van der Waals surface area contributed by atoms with Gasteiger partial charge in [0.05, 0.1) is 19.6 Å². The summed E-state index contributed by atoms with van der Waals surface area (Å²) in [6, 6.07) is 0. The van der Waals surface area contributed by atoms with E-state index in [-0.39, 0.29) is 53.5 Å². The molecule has 4 aliphatic carbocycles. The van der Waals surface area contributed by atoms with E-state index in [0.717, 1.165) is 44.9 Å². The molecule has 0 aromatic rings. The van der Waals surface area contributed by atoms with Crippen LogP contribution in [-0.4, -0.2) is 30.7 Å². The summed E-state index contributed by atoms with van der Waals surface area (Å²) in [7, 11) is 1.35. The van der Waals surface area contributed by atoms with Crippen molar-refractivity contribution in [2.45, 2.75) is 84.0 Å². The molecule has 0 spiro atoms. The van der Waals surface area contributed by atoms with Crippen molar-refractivity contribution < 1.29 is 23.4 Å². The maximum atomic E-state index is 15.6. The van der Waals surface area contributed by atoms with Crippen molar-refractivity contribution in [1.29, 1.82) is 0 Å². The van der Waals surface area contributed by atoms with Crippen molar-refractivity contribution in [3.63, 3.8) is 0 Å². The molecule has 166 valence electrons. The summed E-state index contributed by atoms with van der Waals surface area (Å²) >= 11 is 0.